The molecule has 1 amide bonds. The number of nitrogens with zero attached hydrogens (tertiary/aromatic N) is 3. The lowest BCUT2D eigenvalue weighted by Crippen LogP contribution is -2.31. The summed E-state index contributed by atoms with van der Waals surface area (Å²) in [5.74, 6) is 0.170. The Bertz CT molecular complexity index is 922. The molecule has 3 rings (SSSR count). The van der Waals surface area contributed by atoms with Crippen molar-refractivity contribution in [3.05, 3.63) is 52.5 Å². The molecule has 2 aromatic rings. The van der Waals surface area contributed by atoms with Crippen LogP contribution in [0, 0.1) is 31.0 Å². The zero-order valence-electron chi connectivity index (χ0n) is 17.5. The van der Waals surface area contributed by atoms with Gasteiger partial charge in [-0.3, -0.25) is 9.69 Å². The molecule has 0 unspecified atom stereocenters. The van der Waals surface area contributed by atoms with Crippen LogP contribution in [0.2, 0.25) is 0 Å². The minimum Gasteiger partial charge on any atom is -0.327 e. The lowest BCUT2D eigenvalue weighted by Gasteiger charge is -2.27. The highest BCUT2D eigenvalue weighted by Crippen LogP contribution is 2.36. The highest BCUT2D eigenvalue weighted by molar-refractivity contribution is 5.93. The van der Waals surface area contributed by atoms with Crippen LogP contribution in [0.3, 0.4) is 0 Å². The van der Waals surface area contributed by atoms with Gasteiger partial charge in [-0.1, -0.05) is 31.4 Å². The van der Waals surface area contributed by atoms with Gasteiger partial charge in [0.2, 0.25) is 5.91 Å². The minimum absolute atomic E-state index is 0.162. The molecule has 154 valence electrons. The van der Waals surface area contributed by atoms with Gasteiger partial charge in [0.1, 0.15) is 17.7 Å². The van der Waals surface area contributed by atoms with Crippen LogP contribution in [0.5, 0.6) is 0 Å². The van der Waals surface area contributed by atoms with E-state index < -0.39 is 0 Å². The first-order chi connectivity index (χ1) is 13.9. The maximum atomic E-state index is 13.4. The van der Waals surface area contributed by atoms with E-state index in [4.69, 9.17) is 0 Å². The van der Waals surface area contributed by atoms with Gasteiger partial charge in [-0.15, -0.1) is 0 Å². The van der Waals surface area contributed by atoms with Crippen LogP contribution in [0.1, 0.15) is 60.5 Å². The Morgan fingerprint density at radius 2 is 2.03 bits per heavy atom. The SMILES string of the molecule is Cc1c(C#N)c(NC(=O)CN(C)Cc2cccc(F)c2)n(C2CCCCC2)c1C. The Balaban J connectivity index is 1.75. The third-order valence-corrected chi connectivity index (χ3v) is 5.82. The van der Waals surface area contributed by atoms with E-state index in [1.165, 1.54) is 31.4 Å². The lowest BCUT2D eigenvalue weighted by atomic mass is 9.95. The van der Waals surface area contributed by atoms with Crippen molar-refractivity contribution >= 4 is 11.7 Å². The van der Waals surface area contributed by atoms with Crippen molar-refractivity contribution in [1.29, 1.82) is 5.26 Å². The Hall–Kier alpha value is -2.65. The van der Waals surface area contributed by atoms with Crippen LogP contribution in [0.15, 0.2) is 24.3 Å². The van der Waals surface area contributed by atoms with Crippen LogP contribution in [-0.2, 0) is 11.3 Å². The Morgan fingerprint density at radius 1 is 1.31 bits per heavy atom. The van der Waals surface area contributed by atoms with Gasteiger partial charge >= 0.3 is 0 Å². The Labute approximate surface area is 172 Å². The van der Waals surface area contributed by atoms with E-state index in [0.717, 1.165) is 29.7 Å². The number of aromatic nitrogens is 1. The van der Waals surface area contributed by atoms with Gasteiger partial charge in [-0.05, 0) is 57.0 Å². The van der Waals surface area contributed by atoms with Crippen molar-refractivity contribution in [2.45, 2.75) is 58.5 Å². The third kappa shape index (κ3) is 4.86. The largest absolute Gasteiger partial charge is 0.327 e. The van der Waals surface area contributed by atoms with Crippen molar-refractivity contribution in [2.75, 3.05) is 18.9 Å². The van der Waals surface area contributed by atoms with Gasteiger partial charge in [0.15, 0.2) is 0 Å². The second kappa shape index (κ2) is 9.23. The topological polar surface area (TPSA) is 61.1 Å². The van der Waals surface area contributed by atoms with Gasteiger partial charge in [0, 0.05) is 18.3 Å². The standard InChI is InChI=1S/C23H29FN4O/c1-16-17(2)28(20-10-5-4-6-11-20)23(21(16)13-25)26-22(29)15-27(3)14-18-8-7-9-19(24)12-18/h7-9,12,20H,4-6,10-11,14-15H2,1-3H3,(H,26,29). The van der Waals surface area contributed by atoms with Crippen molar-refractivity contribution in [3.63, 3.8) is 0 Å². The molecule has 1 fully saturated rings. The smallest absolute Gasteiger partial charge is 0.239 e. The van der Waals surface area contributed by atoms with E-state index in [9.17, 15) is 14.4 Å². The predicted octanol–water partition coefficient (Wildman–Crippen LogP) is 4.69. The van der Waals surface area contributed by atoms with Crippen LogP contribution in [0.25, 0.3) is 0 Å². The van der Waals surface area contributed by atoms with Crippen molar-refractivity contribution < 1.29 is 9.18 Å². The molecule has 1 aromatic carbocycles. The summed E-state index contributed by atoms with van der Waals surface area (Å²) < 4.78 is 15.5. The predicted molar refractivity (Wildman–Crippen MR) is 112 cm³/mol. The summed E-state index contributed by atoms with van der Waals surface area (Å²) in [5, 5.41) is 12.7. The van der Waals surface area contributed by atoms with Gasteiger partial charge in [-0.2, -0.15) is 5.26 Å². The summed E-state index contributed by atoms with van der Waals surface area (Å²) in [6, 6.07) is 8.99. The molecule has 0 aliphatic heterocycles. The number of amides is 1. The molecule has 0 bridgehead atoms. The quantitative estimate of drug-likeness (QED) is 0.770. The van der Waals surface area contributed by atoms with Crippen LogP contribution >= 0.6 is 0 Å². The monoisotopic (exact) mass is 396 g/mol. The molecule has 29 heavy (non-hydrogen) atoms. The number of carbonyl (C=O) groups excluding carboxylic acids is 1. The number of nitrogens with one attached hydrogen (secondary N) is 1. The zero-order valence-corrected chi connectivity index (χ0v) is 17.5. The van der Waals surface area contributed by atoms with E-state index in [2.05, 4.69) is 16.0 Å². The van der Waals surface area contributed by atoms with E-state index >= 15 is 0 Å². The molecule has 0 atom stereocenters. The molecule has 0 radical (unpaired) electrons. The number of hydrogen-bond acceptors (Lipinski definition) is 3. The van der Waals surface area contributed by atoms with E-state index in [-0.39, 0.29) is 18.3 Å². The molecule has 1 aliphatic rings. The lowest BCUT2D eigenvalue weighted by molar-refractivity contribution is -0.117. The number of rotatable bonds is 6. The minimum atomic E-state index is -0.282. The number of likely N-dealkylation sites (N-methyl/N-ethyl adjacent to an activating group) is 1. The van der Waals surface area contributed by atoms with E-state index in [1.807, 2.05) is 31.9 Å². The number of nitriles is 1. The van der Waals surface area contributed by atoms with Gasteiger partial charge in [0.05, 0.1) is 12.1 Å². The normalized spacial score (nSPS) is 14.8. The summed E-state index contributed by atoms with van der Waals surface area (Å²) in [5.41, 5.74) is 3.35. The van der Waals surface area contributed by atoms with Gasteiger partial charge in [0.25, 0.3) is 0 Å². The Kier molecular flexibility index (Phi) is 6.71. The molecule has 1 saturated carbocycles. The number of anilines is 1. The van der Waals surface area contributed by atoms with Gasteiger partial charge in [-0.25, -0.2) is 4.39 Å². The molecule has 0 spiro atoms. The first kappa shape index (κ1) is 21.1. The molecule has 1 N–H and O–H groups in total. The zero-order chi connectivity index (χ0) is 21.0. The van der Waals surface area contributed by atoms with Gasteiger partial charge < -0.3 is 9.88 Å². The highest BCUT2D eigenvalue weighted by Gasteiger charge is 2.26. The van der Waals surface area contributed by atoms with Crippen LogP contribution in [-0.4, -0.2) is 29.0 Å². The van der Waals surface area contributed by atoms with Crippen LogP contribution < -0.4 is 5.32 Å². The first-order valence-corrected chi connectivity index (χ1v) is 10.2. The molecule has 6 heteroatoms. The first-order valence-electron chi connectivity index (χ1n) is 10.2. The number of hydrogen-bond donors (Lipinski definition) is 1. The number of carbonyl (C=O) groups is 1. The summed E-state index contributed by atoms with van der Waals surface area (Å²) >= 11 is 0. The average Bonchev–Trinajstić information content (AvgIpc) is 2.91. The maximum absolute atomic E-state index is 13.4. The molecule has 5 nitrogen and oxygen atoms in total. The van der Waals surface area contributed by atoms with Crippen LogP contribution in [0.4, 0.5) is 10.2 Å². The Morgan fingerprint density at radius 3 is 2.69 bits per heavy atom. The second-order valence-corrected chi connectivity index (χ2v) is 8.06. The summed E-state index contributed by atoms with van der Waals surface area (Å²) in [4.78, 5) is 14.6. The second-order valence-electron chi connectivity index (χ2n) is 8.06. The molecule has 1 heterocycles. The third-order valence-electron chi connectivity index (χ3n) is 5.82. The number of benzene rings is 1. The fourth-order valence-corrected chi connectivity index (χ4v) is 4.30. The van der Waals surface area contributed by atoms with Crippen molar-refractivity contribution in [2.24, 2.45) is 0 Å². The van der Waals surface area contributed by atoms with Crippen molar-refractivity contribution in [3.8, 4) is 6.07 Å². The number of halogens is 1. The highest BCUT2D eigenvalue weighted by atomic mass is 19.1. The molecule has 1 aromatic heterocycles. The molecule has 1 aliphatic carbocycles. The van der Waals surface area contributed by atoms with E-state index in [0.29, 0.717) is 24.0 Å². The maximum Gasteiger partial charge on any atom is 0.239 e. The van der Waals surface area contributed by atoms with E-state index in [1.54, 1.807) is 6.07 Å². The fourth-order valence-electron chi connectivity index (χ4n) is 4.30. The molecular formula is C23H29FN4O. The summed E-state index contributed by atoms with van der Waals surface area (Å²) in [6.07, 6.45) is 5.73. The summed E-state index contributed by atoms with van der Waals surface area (Å²) in [6.45, 7) is 4.60. The summed E-state index contributed by atoms with van der Waals surface area (Å²) in [7, 11) is 1.83. The fraction of sp³-hybridized carbons (Fsp3) is 0.478. The van der Waals surface area contributed by atoms with Crippen molar-refractivity contribution in [1.82, 2.24) is 9.47 Å². The average molecular weight is 397 g/mol. The molecular weight excluding hydrogens is 367 g/mol. The molecule has 0 saturated heterocycles.